The van der Waals surface area contributed by atoms with Crippen LogP contribution in [0.5, 0.6) is 5.75 Å². The molecule has 0 bridgehead atoms. The zero-order valence-electron chi connectivity index (χ0n) is 20.6. The van der Waals surface area contributed by atoms with E-state index in [1.54, 1.807) is 30.4 Å². The van der Waals surface area contributed by atoms with Gasteiger partial charge < -0.3 is 30.1 Å². The maximum absolute atomic E-state index is 12.9. The first-order chi connectivity index (χ1) is 17.6. The highest BCUT2D eigenvalue weighted by molar-refractivity contribution is 5.91. The number of para-hydroxylation sites is 2. The highest BCUT2D eigenvalue weighted by Crippen LogP contribution is 2.25. The lowest BCUT2D eigenvalue weighted by molar-refractivity contribution is -0.136. The maximum atomic E-state index is 12.9. The standard InChI is InChI=1S/C28H35N3O5/c1-35-25-10-6-5-9-23(25)29-28(34)30-24-12-11-22(36-26(24)19-32)18-27(33)31-15-13-21(14-16-31)17-20-7-3-2-4-8-20/h2-12,21-22,24,26,32H,13-19H2,1H3,(H2,29,30,34)/t22-,24+,26+/m1/s1. The summed E-state index contributed by atoms with van der Waals surface area (Å²) in [5.74, 6) is 1.19. The maximum Gasteiger partial charge on any atom is 0.319 e. The molecule has 3 amide bonds. The molecule has 8 heteroatoms. The van der Waals surface area contributed by atoms with E-state index in [0.29, 0.717) is 17.4 Å². The Morgan fingerprint density at radius 1 is 1.06 bits per heavy atom. The monoisotopic (exact) mass is 493 g/mol. The topological polar surface area (TPSA) is 100 Å². The molecule has 0 aliphatic carbocycles. The third-order valence-corrected chi connectivity index (χ3v) is 6.83. The van der Waals surface area contributed by atoms with Crippen molar-refractivity contribution in [1.82, 2.24) is 10.2 Å². The van der Waals surface area contributed by atoms with Gasteiger partial charge in [0.1, 0.15) is 11.9 Å². The Morgan fingerprint density at radius 2 is 1.78 bits per heavy atom. The number of nitrogens with one attached hydrogen (secondary N) is 2. The van der Waals surface area contributed by atoms with E-state index in [1.165, 1.54) is 12.7 Å². The summed E-state index contributed by atoms with van der Waals surface area (Å²) in [6, 6.07) is 16.6. The average molecular weight is 494 g/mol. The van der Waals surface area contributed by atoms with Gasteiger partial charge in [-0.3, -0.25) is 4.79 Å². The van der Waals surface area contributed by atoms with Gasteiger partial charge in [-0.05, 0) is 42.9 Å². The van der Waals surface area contributed by atoms with Gasteiger partial charge in [0.25, 0.3) is 0 Å². The van der Waals surface area contributed by atoms with Crippen molar-refractivity contribution in [2.24, 2.45) is 5.92 Å². The molecule has 0 saturated carbocycles. The third kappa shape index (κ3) is 6.86. The fourth-order valence-corrected chi connectivity index (χ4v) is 4.83. The Balaban J connectivity index is 1.25. The van der Waals surface area contributed by atoms with Crippen molar-refractivity contribution in [2.75, 3.05) is 32.1 Å². The first-order valence-corrected chi connectivity index (χ1v) is 12.5. The van der Waals surface area contributed by atoms with E-state index >= 15 is 0 Å². The predicted molar refractivity (Wildman–Crippen MR) is 138 cm³/mol. The molecule has 2 aliphatic rings. The predicted octanol–water partition coefficient (Wildman–Crippen LogP) is 3.37. The van der Waals surface area contributed by atoms with E-state index in [0.717, 1.165) is 32.4 Å². The number of hydrogen-bond donors (Lipinski definition) is 3. The van der Waals surface area contributed by atoms with Gasteiger partial charge in [0.15, 0.2) is 0 Å². The van der Waals surface area contributed by atoms with E-state index in [2.05, 4.69) is 34.9 Å². The van der Waals surface area contributed by atoms with Crippen molar-refractivity contribution in [1.29, 1.82) is 0 Å². The smallest absolute Gasteiger partial charge is 0.319 e. The fraction of sp³-hybridized carbons (Fsp3) is 0.429. The van der Waals surface area contributed by atoms with E-state index in [4.69, 9.17) is 9.47 Å². The number of carbonyl (C=O) groups excluding carboxylic acids is 2. The average Bonchev–Trinajstić information content (AvgIpc) is 2.90. The van der Waals surface area contributed by atoms with Crippen molar-refractivity contribution in [3.05, 3.63) is 72.3 Å². The molecule has 2 aliphatic heterocycles. The number of likely N-dealkylation sites (tertiary alicyclic amines) is 1. The first kappa shape index (κ1) is 25.7. The van der Waals surface area contributed by atoms with Gasteiger partial charge in [-0.15, -0.1) is 0 Å². The van der Waals surface area contributed by atoms with Crippen LogP contribution in [0, 0.1) is 5.92 Å². The Bertz CT molecular complexity index is 1040. The van der Waals surface area contributed by atoms with Crippen molar-refractivity contribution >= 4 is 17.6 Å². The molecule has 0 spiro atoms. The van der Waals surface area contributed by atoms with E-state index in [1.807, 2.05) is 17.0 Å². The minimum Gasteiger partial charge on any atom is -0.495 e. The molecule has 3 N–H and O–H groups in total. The summed E-state index contributed by atoms with van der Waals surface area (Å²) in [6.07, 6.45) is 5.75. The molecule has 4 rings (SSSR count). The van der Waals surface area contributed by atoms with Crippen LogP contribution in [0.2, 0.25) is 0 Å². The molecule has 2 heterocycles. The Hall–Kier alpha value is -3.36. The van der Waals surface area contributed by atoms with Crippen LogP contribution in [0.4, 0.5) is 10.5 Å². The number of hydrogen-bond acceptors (Lipinski definition) is 5. The molecule has 2 aromatic carbocycles. The van der Waals surface area contributed by atoms with Crippen molar-refractivity contribution in [3.8, 4) is 5.75 Å². The van der Waals surface area contributed by atoms with Gasteiger partial charge in [-0.25, -0.2) is 4.79 Å². The van der Waals surface area contributed by atoms with Crippen LogP contribution in [-0.4, -0.2) is 67.0 Å². The largest absolute Gasteiger partial charge is 0.495 e. The normalized spacial score (nSPS) is 22.2. The number of amides is 3. The Morgan fingerprint density at radius 3 is 2.50 bits per heavy atom. The van der Waals surface area contributed by atoms with E-state index < -0.39 is 24.3 Å². The zero-order chi connectivity index (χ0) is 25.3. The van der Waals surface area contributed by atoms with Crippen LogP contribution in [0.3, 0.4) is 0 Å². The van der Waals surface area contributed by atoms with Gasteiger partial charge in [0.2, 0.25) is 5.91 Å². The molecular weight excluding hydrogens is 458 g/mol. The molecule has 0 unspecified atom stereocenters. The number of rotatable bonds is 8. The molecule has 0 radical (unpaired) electrons. The highest BCUT2D eigenvalue weighted by Gasteiger charge is 2.31. The second kappa shape index (κ2) is 12.6. The number of anilines is 1. The quantitative estimate of drug-likeness (QED) is 0.490. The lowest BCUT2D eigenvalue weighted by Crippen LogP contribution is -2.50. The Kier molecular flexibility index (Phi) is 8.97. The first-order valence-electron chi connectivity index (χ1n) is 12.5. The molecule has 3 atom stereocenters. The third-order valence-electron chi connectivity index (χ3n) is 6.83. The molecule has 1 fully saturated rings. The summed E-state index contributed by atoms with van der Waals surface area (Å²) in [4.78, 5) is 27.3. The fourth-order valence-electron chi connectivity index (χ4n) is 4.83. The molecule has 0 aromatic heterocycles. The highest BCUT2D eigenvalue weighted by atomic mass is 16.5. The minimum atomic E-state index is -0.646. The zero-order valence-corrected chi connectivity index (χ0v) is 20.6. The number of aliphatic hydroxyl groups is 1. The lowest BCUT2D eigenvalue weighted by Gasteiger charge is -2.35. The van der Waals surface area contributed by atoms with Gasteiger partial charge in [-0.2, -0.15) is 0 Å². The van der Waals surface area contributed by atoms with E-state index in [9.17, 15) is 14.7 Å². The number of urea groups is 1. The van der Waals surface area contributed by atoms with Gasteiger partial charge >= 0.3 is 6.03 Å². The number of benzene rings is 2. The summed E-state index contributed by atoms with van der Waals surface area (Å²) >= 11 is 0. The van der Waals surface area contributed by atoms with Crippen molar-refractivity contribution in [2.45, 2.75) is 43.9 Å². The lowest BCUT2D eigenvalue weighted by atomic mass is 9.90. The molecule has 8 nitrogen and oxygen atoms in total. The second-order valence-corrected chi connectivity index (χ2v) is 9.32. The summed E-state index contributed by atoms with van der Waals surface area (Å²) in [5.41, 5.74) is 1.88. The van der Waals surface area contributed by atoms with Gasteiger partial charge in [0, 0.05) is 13.1 Å². The minimum absolute atomic E-state index is 0.0554. The number of methoxy groups -OCH3 is 1. The van der Waals surface area contributed by atoms with Crippen LogP contribution < -0.4 is 15.4 Å². The number of carbonyl (C=O) groups is 2. The van der Waals surface area contributed by atoms with Gasteiger partial charge in [0.05, 0.1) is 38.0 Å². The molecule has 36 heavy (non-hydrogen) atoms. The van der Waals surface area contributed by atoms with Crippen LogP contribution in [0.15, 0.2) is 66.7 Å². The van der Waals surface area contributed by atoms with E-state index in [-0.39, 0.29) is 18.9 Å². The number of aliphatic hydroxyl groups excluding tert-OH is 1. The van der Waals surface area contributed by atoms with Crippen LogP contribution in [-0.2, 0) is 16.0 Å². The van der Waals surface area contributed by atoms with Crippen LogP contribution in [0.1, 0.15) is 24.8 Å². The number of ether oxygens (including phenoxy) is 2. The molecular formula is C28H35N3O5. The van der Waals surface area contributed by atoms with Gasteiger partial charge in [-0.1, -0.05) is 54.6 Å². The number of piperidine rings is 1. The summed E-state index contributed by atoms with van der Waals surface area (Å²) in [7, 11) is 1.53. The van der Waals surface area contributed by atoms with Crippen LogP contribution >= 0.6 is 0 Å². The van der Waals surface area contributed by atoms with Crippen LogP contribution in [0.25, 0.3) is 0 Å². The SMILES string of the molecule is COc1ccccc1NC(=O)N[C@H]1C=C[C@H](CC(=O)N2CCC(Cc3ccccc3)CC2)O[C@H]1CO. The summed E-state index contributed by atoms with van der Waals surface area (Å²) < 4.78 is 11.2. The second-order valence-electron chi connectivity index (χ2n) is 9.32. The Labute approximate surface area is 212 Å². The molecule has 192 valence electrons. The summed E-state index contributed by atoms with van der Waals surface area (Å²) in [6.45, 7) is 1.23. The van der Waals surface area contributed by atoms with Crippen molar-refractivity contribution in [3.63, 3.8) is 0 Å². The number of nitrogens with zero attached hydrogens (tertiary/aromatic N) is 1. The molecule has 1 saturated heterocycles. The summed E-state index contributed by atoms with van der Waals surface area (Å²) in [5, 5.41) is 15.4. The van der Waals surface area contributed by atoms with Crippen molar-refractivity contribution < 1.29 is 24.2 Å². The molecule has 2 aromatic rings.